The molecule has 0 spiro atoms. The van der Waals surface area contributed by atoms with E-state index in [0.29, 0.717) is 0 Å². The molecule has 1 aliphatic carbocycles. The minimum Gasteiger partial charge on any atom is -0.459 e. The second kappa shape index (κ2) is 5.75. The minimum atomic E-state index is -0.758. The molecule has 0 unspecified atom stereocenters. The Kier molecular flexibility index (Phi) is 4.07. The summed E-state index contributed by atoms with van der Waals surface area (Å²) in [4.78, 5) is 15.2. The molecule has 1 fully saturated rings. The van der Waals surface area contributed by atoms with Crippen molar-refractivity contribution in [2.24, 2.45) is 0 Å². The summed E-state index contributed by atoms with van der Waals surface area (Å²) in [6, 6.07) is 2.94. The smallest absolute Gasteiger partial charge is 0.343 e. The monoisotopic (exact) mass is 237 g/mol. The van der Waals surface area contributed by atoms with Gasteiger partial charge in [0.1, 0.15) is 11.7 Å². The number of aromatic nitrogens is 1. The molecule has 4 heteroatoms. The number of hydrogen-bond acceptors (Lipinski definition) is 3. The number of rotatable bonds is 2. The second-order valence-electron chi connectivity index (χ2n) is 4.36. The van der Waals surface area contributed by atoms with Gasteiger partial charge in [-0.05, 0) is 37.8 Å². The Bertz CT molecular complexity index is 387. The van der Waals surface area contributed by atoms with Crippen molar-refractivity contribution in [3.63, 3.8) is 0 Å². The molecule has 1 aromatic rings. The minimum absolute atomic E-state index is 0.0652. The second-order valence-corrected chi connectivity index (χ2v) is 4.36. The third kappa shape index (κ3) is 3.25. The highest BCUT2D eigenvalue weighted by molar-refractivity contribution is 5.89. The molecule has 0 atom stereocenters. The summed E-state index contributed by atoms with van der Waals surface area (Å²) in [5, 5.41) is 0. The summed E-state index contributed by atoms with van der Waals surface area (Å²) >= 11 is 0. The lowest BCUT2D eigenvalue weighted by Crippen LogP contribution is -2.18. The molecule has 0 amide bonds. The van der Waals surface area contributed by atoms with Gasteiger partial charge in [-0.15, -0.1) is 0 Å². The van der Waals surface area contributed by atoms with Crippen LogP contribution in [0.3, 0.4) is 0 Å². The Morgan fingerprint density at radius 3 is 2.65 bits per heavy atom. The topological polar surface area (TPSA) is 39.2 Å². The summed E-state index contributed by atoms with van der Waals surface area (Å²) in [5.74, 6) is -1.35. The molecule has 1 aromatic heterocycles. The van der Waals surface area contributed by atoms with Gasteiger partial charge >= 0.3 is 5.97 Å². The van der Waals surface area contributed by atoms with Crippen LogP contribution < -0.4 is 0 Å². The van der Waals surface area contributed by atoms with Gasteiger partial charge in [-0.25, -0.2) is 9.78 Å². The van der Waals surface area contributed by atoms with E-state index in [1.54, 1.807) is 0 Å². The fourth-order valence-electron chi connectivity index (χ4n) is 2.11. The summed E-state index contributed by atoms with van der Waals surface area (Å²) in [5.41, 5.74) is -0.0725. The van der Waals surface area contributed by atoms with Crippen LogP contribution in [0.5, 0.6) is 0 Å². The third-order valence-electron chi connectivity index (χ3n) is 3.05. The molecule has 0 saturated heterocycles. The predicted molar refractivity (Wildman–Crippen MR) is 61.1 cm³/mol. The summed E-state index contributed by atoms with van der Waals surface area (Å²) in [6.07, 6.45) is 7.55. The Hall–Kier alpha value is -1.45. The molecule has 0 aromatic carbocycles. The Morgan fingerprint density at radius 1 is 1.29 bits per heavy atom. The van der Waals surface area contributed by atoms with Crippen LogP contribution in [0.2, 0.25) is 0 Å². The first kappa shape index (κ1) is 12.0. The van der Waals surface area contributed by atoms with Crippen molar-refractivity contribution in [3.05, 3.63) is 29.8 Å². The van der Waals surface area contributed by atoms with Crippen LogP contribution in [0.25, 0.3) is 0 Å². The molecule has 92 valence electrons. The van der Waals surface area contributed by atoms with Gasteiger partial charge in [-0.3, -0.25) is 0 Å². The Labute approximate surface area is 100 Å². The first-order valence-corrected chi connectivity index (χ1v) is 6.09. The van der Waals surface area contributed by atoms with Crippen molar-refractivity contribution in [2.45, 2.75) is 44.6 Å². The van der Waals surface area contributed by atoms with E-state index in [-0.39, 0.29) is 11.7 Å². The quantitative estimate of drug-likeness (QED) is 0.450. The largest absolute Gasteiger partial charge is 0.459 e. The molecule has 1 aliphatic rings. The van der Waals surface area contributed by atoms with Gasteiger partial charge in [-0.1, -0.05) is 12.8 Å². The van der Waals surface area contributed by atoms with E-state index in [2.05, 4.69) is 4.98 Å². The van der Waals surface area contributed by atoms with Crippen molar-refractivity contribution in [2.75, 3.05) is 0 Å². The first-order chi connectivity index (χ1) is 8.27. The highest BCUT2D eigenvalue weighted by Gasteiger charge is 2.20. The molecule has 0 N–H and O–H groups in total. The average molecular weight is 237 g/mol. The molecule has 1 heterocycles. The van der Waals surface area contributed by atoms with E-state index in [1.165, 1.54) is 31.2 Å². The van der Waals surface area contributed by atoms with Crippen LogP contribution in [-0.4, -0.2) is 17.1 Å². The number of nitrogens with zero attached hydrogens (tertiary/aromatic N) is 1. The SMILES string of the molecule is O=C(OC1CCCCCC1)c1cccnc1F. The lowest BCUT2D eigenvalue weighted by atomic mass is 10.1. The first-order valence-electron chi connectivity index (χ1n) is 6.09. The van der Waals surface area contributed by atoms with Crippen molar-refractivity contribution in [1.29, 1.82) is 0 Å². The molecule has 3 nitrogen and oxygen atoms in total. The van der Waals surface area contributed by atoms with Crippen LogP contribution >= 0.6 is 0 Å². The standard InChI is InChI=1S/C13H16FNO2/c14-12-11(8-5-9-15-12)13(16)17-10-6-3-1-2-4-7-10/h5,8-10H,1-4,6-7H2. The molecule has 2 rings (SSSR count). The molecule has 0 bridgehead atoms. The van der Waals surface area contributed by atoms with Gasteiger partial charge in [0, 0.05) is 6.20 Å². The molecule has 1 saturated carbocycles. The van der Waals surface area contributed by atoms with Crippen molar-refractivity contribution in [3.8, 4) is 0 Å². The lowest BCUT2D eigenvalue weighted by molar-refractivity contribution is 0.0261. The number of carbonyl (C=O) groups excluding carboxylic acids is 1. The highest BCUT2D eigenvalue weighted by atomic mass is 19.1. The maximum absolute atomic E-state index is 13.3. The third-order valence-corrected chi connectivity index (χ3v) is 3.05. The van der Waals surface area contributed by atoms with E-state index < -0.39 is 11.9 Å². The van der Waals surface area contributed by atoms with Crippen LogP contribution in [-0.2, 0) is 4.74 Å². The number of carbonyl (C=O) groups is 1. The Balaban J connectivity index is 1.98. The molecule has 0 radical (unpaired) electrons. The van der Waals surface area contributed by atoms with E-state index in [1.807, 2.05) is 0 Å². The van der Waals surface area contributed by atoms with Crippen molar-refractivity contribution in [1.82, 2.24) is 4.98 Å². The zero-order valence-electron chi connectivity index (χ0n) is 9.69. The van der Waals surface area contributed by atoms with Crippen LogP contribution in [0.4, 0.5) is 4.39 Å². The van der Waals surface area contributed by atoms with E-state index in [4.69, 9.17) is 4.74 Å². The summed E-state index contributed by atoms with van der Waals surface area (Å²) < 4.78 is 18.6. The summed E-state index contributed by atoms with van der Waals surface area (Å²) in [7, 11) is 0. The molecular weight excluding hydrogens is 221 g/mol. The van der Waals surface area contributed by atoms with Crippen molar-refractivity contribution < 1.29 is 13.9 Å². The Morgan fingerprint density at radius 2 is 2.00 bits per heavy atom. The maximum Gasteiger partial charge on any atom is 0.343 e. The van der Waals surface area contributed by atoms with Crippen LogP contribution in [0.15, 0.2) is 18.3 Å². The van der Waals surface area contributed by atoms with E-state index in [9.17, 15) is 9.18 Å². The zero-order chi connectivity index (χ0) is 12.1. The molecular formula is C13H16FNO2. The van der Waals surface area contributed by atoms with Crippen molar-refractivity contribution >= 4 is 5.97 Å². The van der Waals surface area contributed by atoms with Crippen LogP contribution in [0, 0.1) is 5.95 Å². The lowest BCUT2D eigenvalue weighted by Gasteiger charge is -2.15. The summed E-state index contributed by atoms with van der Waals surface area (Å²) in [6.45, 7) is 0. The predicted octanol–water partition coefficient (Wildman–Crippen LogP) is 3.10. The highest BCUT2D eigenvalue weighted by Crippen LogP contribution is 2.21. The molecule has 0 aliphatic heterocycles. The van der Waals surface area contributed by atoms with Gasteiger partial charge in [0.25, 0.3) is 0 Å². The number of halogens is 1. The van der Waals surface area contributed by atoms with E-state index in [0.717, 1.165) is 25.7 Å². The zero-order valence-corrected chi connectivity index (χ0v) is 9.69. The van der Waals surface area contributed by atoms with E-state index >= 15 is 0 Å². The van der Waals surface area contributed by atoms with Gasteiger partial charge < -0.3 is 4.74 Å². The van der Waals surface area contributed by atoms with Crippen LogP contribution in [0.1, 0.15) is 48.9 Å². The molecule has 17 heavy (non-hydrogen) atoms. The fraction of sp³-hybridized carbons (Fsp3) is 0.538. The number of pyridine rings is 1. The number of ether oxygens (including phenoxy) is 1. The van der Waals surface area contributed by atoms with Gasteiger partial charge in [0.05, 0.1) is 0 Å². The number of hydrogen-bond donors (Lipinski definition) is 0. The fourth-order valence-corrected chi connectivity index (χ4v) is 2.11. The van der Waals surface area contributed by atoms with Gasteiger partial charge in [-0.2, -0.15) is 4.39 Å². The maximum atomic E-state index is 13.3. The average Bonchev–Trinajstić information content (AvgIpc) is 2.58. The van der Waals surface area contributed by atoms with Gasteiger partial charge in [0.15, 0.2) is 0 Å². The normalized spacial score (nSPS) is 17.5. The number of esters is 1. The van der Waals surface area contributed by atoms with Gasteiger partial charge in [0.2, 0.25) is 5.95 Å².